The third-order valence-electron chi connectivity index (χ3n) is 3.09. The van der Waals surface area contributed by atoms with Crippen LogP contribution in [-0.4, -0.2) is 32.2 Å². The van der Waals surface area contributed by atoms with Gasteiger partial charge in [0, 0.05) is 11.5 Å². The Balaban J connectivity index is 2.03. The molecule has 2 N–H and O–H groups in total. The average Bonchev–Trinajstić information content (AvgIpc) is 2.81. The highest BCUT2D eigenvalue weighted by molar-refractivity contribution is 6.59. The van der Waals surface area contributed by atoms with Gasteiger partial charge in [-0.05, 0) is 11.6 Å². The SMILES string of the molecule is OB(O)c1cc2nnn(Cc3ccccc3)c2cc1F. The van der Waals surface area contributed by atoms with E-state index in [1.165, 1.54) is 12.1 Å². The first-order valence-electron chi connectivity index (χ1n) is 6.08. The Morgan fingerprint density at radius 3 is 2.60 bits per heavy atom. The van der Waals surface area contributed by atoms with Gasteiger partial charge in [-0.15, -0.1) is 5.10 Å². The van der Waals surface area contributed by atoms with Crippen LogP contribution in [0.2, 0.25) is 0 Å². The van der Waals surface area contributed by atoms with Crippen LogP contribution in [0.3, 0.4) is 0 Å². The average molecular weight is 271 g/mol. The second-order valence-corrected chi connectivity index (χ2v) is 4.47. The monoisotopic (exact) mass is 271 g/mol. The van der Waals surface area contributed by atoms with E-state index in [1.54, 1.807) is 4.68 Å². The van der Waals surface area contributed by atoms with Gasteiger partial charge in [0.05, 0.1) is 12.1 Å². The van der Waals surface area contributed by atoms with Crippen LogP contribution >= 0.6 is 0 Å². The second kappa shape index (κ2) is 5.03. The van der Waals surface area contributed by atoms with Crippen molar-refractivity contribution >= 4 is 23.6 Å². The minimum Gasteiger partial charge on any atom is -0.423 e. The van der Waals surface area contributed by atoms with Crippen molar-refractivity contribution in [1.82, 2.24) is 15.0 Å². The largest absolute Gasteiger partial charge is 0.491 e. The van der Waals surface area contributed by atoms with E-state index in [9.17, 15) is 4.39 Å². The number of hydrogen-bond donors (Lipinski definition) is 2. The molecule has 3 aromatic rings. The lowest BCUT2D eigenvalue weighted by molar-refractivity contribution is 0.423. The summed E-state index contributed by atoms with van der Waals surface area (Å²) in [6.45, 7) is 0.470. The van der Waals surface area contributed by atoms with Gasteiger partial charge in [0.2, 0.25) is 0 Å². The number of rotatable bonds is 3. The summed E-state index contributed by atoms with van der Waals surface area (Å²) in [7, 11) is -1.86. The molecule has 0 amide bonds. The summed E-state index contributed by atoms with van der Waals surface area (Å²) >= 11 is 0. The Bertz CT molecular complexity index is 746. The van der Waals surface area contributed by atoms with Gasteiger partial charge in [-0.25, -0.2) is 9.07 Å². The topological polar surface area (TPSA) is 71.2 Å². The highest BCUT2D eigenvalue weighted by Crippen LogP contribution is 2.13. The molecular formula is C13H11BFN3O2. The molecule has 5 nitrogen and oxygen atoms in total. The van der Waals surface area contributed by atoms with E-state index < -0.39 is 12.9 Å². The van der Waals surface area contributed by atoms with Gasteiger partial charge in [0.25, 0.3) is 0 Å². The lowest BCUT2D eigenvalue weighted by atomic mass is 9.79. The first kappa shape index (κ1) is 12.8. The third-order valence-corrected chi connectivity index (χ3v) is 3.09. The maximum absolute atomic E-state index is 13.8. The molecule has 7 heteroatoms. The quantitative estimate of drug-likeness (QED) is 0.672. The van der Waals surface area contributed by atoms with Crippen molar-refractivity contribution in [3.63, 3.8) is 0 Å². The van der Waals surface area contributed by atoms with E-state index in [0.29, 0.717) is 17.6 Å². The molecule has 3 rings (SSSR count). The first-order valence-corrected chi connectivity index (χ1v) is 6.08. The van der Waals surface area contributed by atoms with E-state index in [-0.39, 0.29) is 5.46 Å². The number of nitrogens with zero attached hydrogens (tertiary/aromatic N) is 3. The molecule has 0 spiro atoms. The molecule has 0 saturated carbocycles. The predicted octanol–water partition coefficient (Wildman–Crippen LogP) is 0.298. The number of benzene rings is 2. The fraction of sp³-hybridized carbons (Fsp3) is 0.0769. The lowest BCUT2D eigenvalue weighted by Crippen LogP contribution is -2.32. The smallest absolute Gasteiger partial charge is 0.423 e. The van der Waals surface area contributed by atoms with Crippen LogP contribution in [0.25, 0.3) is 11.0 Å². The summed E-state index contributed by atoms with van der Waals surface area (Å²) in [4.78, 5) is 0. The highest BCUT2D eigenvalue weighted by atomic mass is 19.1. The summed E-state index contributed by atoms with van der Waals surface area (Å²) < 4.78 is 15.3. The van der Waals surface area contributed by atoms with E-state index in [4.69, 9.17) is 10.0 Å². The second-order valence-electron chi connectivity index (χ2n) is 4.47. The van der Waals surface area contributed by atoms with Crippen LogP contribution in [0.1, 0.15) is 5.56 Å². The van der Waals surface area contributed by atoms with Crippen molar-refractivity contribution in [2.45, 2.75) is 6.54 Å². The molecule has 0 aliphatic carbocycles. The number of halogens is 1. The molecule has 2 aromatic carbocycles. The molecule has 0 fully saturated rings. The molecule has 0 atom stereocenters. The van der Waals surface area contributed by atoms with Crippen molar-refractivity contribution in [3.8, 4) is 0 Å². The molecule has 0 radical (unpaired) electrons. The lowest BCUT2D eigenvalue weighted by Gasteiger charge is -2.04. The first-order chi connectivity index (χ1) is 9.65. The summed E-state index contributed by atoms with van der Waals surface area (Å²) in [5.74, 6) is -0.691. The fourth-order valence-corrected chi connectivity index (χ4v) is 2.08. The minimum atomic E-state index is -1.86. The Labute approximate surface area is 114 Å². The summed E-state index contributed by atoms with van der Waals surface area (Å²) in [6, 6.07) is 12.1. The molecular weight excluding hydrogens is 260 g/mol. The summed E-state index contributed by atoms with van der Waals surface area (Å²) in [6.07, 6.45) is 0. The van der Waals surface area contributed by atoms with Crippen LogP contribution < -0.4 is 5.46 Å². The van der Waals surface area contributed by atoms with Crippen molar-refractivity contribution in [1.29, 1.82) is 0 Å². The maximum Gasteiger partial charge on any atom is 0.491 e. The molecule has 0 saturated heterocycles. The standard InChI is InChI=1S/C13H11BFN3O2/c15-11-7-13-12(6-10(11)14(19)20)16-17-18(13)8-9-4-2-1-3-5-9/h1-7,19-20H,8H2. The highest BCUT2D eigenvalue weighted by Gasteiger charge is 2.19. The van der Waals surface area contributed by atoms with Crippen LogP contribution in [0.5, 0.6) is 0 Å². The van der Waals surface area contributed by atoms with Gasteiger partial charge >= 0.3 is 7.12 Å². The van der Waals surface area contributed by atoms with E-state index in [1.807, 2.05) is 30.3 Å². The van der Waals surface area contributed by atoms with Gasteiger partial charge in [0.1, 0.15) is 11.3 Å². The van der Waals surface area contributed by atoms with Crippen molar-refractivity contribution in [3.05, 3.63) is 53.8 Å². The molecule has 100 valence electrons. The van der Waals surface area contributed by atoms with Crippen LogP contribution in [-0.2, 0) is 6.54 Å². The van der Waals surface area contributed by atoms with Crippen LogP contribution in [0, 0.1) is 5.82 Å². The Morgan fingerprint density at radius 2 is 1.90 bits per heavy atom. The zero-order valence-electron chi connectivity index (χ0n) is 10.4. The number of aromatic nitrogens is 3. The summed E-state index contributed by atoms with van der Waals surface area (Å²) in [5, 5.41) is 26.0. The zero-order valence-corrected chi connectivity index (χ0v) is 10.4. The Kier molecular flexibility index (Phi) is 3.21. The van der Waals surface area contributed by atoms with Crippen molar-refractivity contribution in [2.24, 2.45) is 0 Å². The zero-order chi connectivity index (χ0) is 14.1. The number of fused-ring (bicyclic) bond motifs is 1. The van der Waals surface area contributed by atoms with Gasteiger partial charge < -0.3 is 10.0 Å². The van der Waals surface area contributed by atoms with Gasteiger partial charge in [-0.3, -0.25) is 0 Å². The van der Waals surface area contributed by atoms with E-state index in [0.717, 1.165) is 5.56 Å². The van der Waals surface area contributed by atoms with Crippen molar-refractivity contribution in [2.75, 3.05) is 0 Å². The van der Waals surface area contributed by atoms with Gasteiger partial charge in [-0.2, -0.15) is 0 Å². The fourth-order valence-electron chi connectivity index (χ4n) is 2.08. The number of hydrogen-bond acceptors (Lipinski definition) is 4. The predicted molar refractivity (Wildman–Crippen MR) is 72.9 cm³/mol. The van der Waals surface area contributed by atoms with E-state index in [2.05, 4.69) is 10.3 Å². The molecule has 0 aliphatic rings. The molecule has 1 heterocycles. The normalized spacial score (nSPS) is 10.9. The van der Waals surface area contributed by atoms with Gasteiger partial charge in [-0.1, -0.05) is 35.5 Å². The molecule has 0 bridgehead atoms. The van der Waals surface area contributed by atoms with Crippen LogP contribution in [0.4, 0.5) is 4.39 Å². The summed E-state index contributed by atoms with van der Waals surface area (Å²) in [5.41, 5.74) is 1.75. The molecule has 1 aromatic heterocycles. The van der Waals surface area contributed by atoms with Crippen molar-refractivity contribution < 1.29 is 14.4 Å². The molecule has 20 heavy (non-hydrogen) atoms. The Hall–Kier alpha value is -2.25. The Morgan fingerprint density at radius 1 is 1.15 bits per heavy atom. The molecule has 0 aliphatic heterocycles. The van der Waals surface area contributed by atoms with E-state index >= 15 is 0 Å². The van der Waals surface area contributed by atoms with Gasteiger partial charge in [0.15, 0.2) is 0 Å². The minimum absolute atomic E-state index is 0.204. The van der Waals surface area contributed by atoms with Crippen LogP contribution in [0.15, 0.2) is 42.5 Å². The maximum atomic E-state index is 13.8. The molecule has 0 unspecified atom stereocenters. The third kappa shape index (κ3) is 2.28.